The van der Waals surface area contributed by atoms with Gasteiger partial charge in [0.2, 0.25) is 0 Å². The minimum Gasteiger partial charge on any atom is -0.316 e. The van der Waals surface area contributed by atoms with E-state index in [-0.39, 0.29) is 0 Å². The minimum atomic E-state index is 0.547. The summed E-state index contributed by atoms with van der Waals surface area (Å²) >= 11 is 0. The Morgan fingerprint density at radius 3 is 2.38 bits per heavy atom. The van der Waals surface area contributed by atoms with Gasteiger partial charge in [-0.15, -0.1) is 0 Å². The van der Waals surface area contributed by atoms with Gasteiger partial charge in [0.05, 0.1) is 0 Å². The molecule has 2 aliphatic rings. The van der Waals surface area contributed by atoms with Crippen LogP contribution >= 0.6 is 0 Å². The summed E-state index contributed by atoms with van der Waals surface area (Å²) in [5, 5.41) is 3.77. The molecule has 0 aliphatic heterocycles. The van der Waals surface area contributed by atoms with E-state index in [0.29, 0.717) is 5.41 Å². The van der Waals surface area contributed by atoms with Crippen molar-refractivity contribution in [2.45, 2.75) is 85.5 Å². The van der Waals surface area contributed by atoms with Crippen LogP contribution in [-0.2, 0) is 0 Å². The Morgan fingerprint density at radius 2 is 1.76 bits per heavy atom. The summed E-state index contributed by atoms with van der Waals surface area (Å²) in [5.41, 5.74) is 0.547. The molecule has 2 saturated carbocycles. The van der Waals surface area contributed by atoms with Crippen molar-refractivity contribution in [2.75, 3.05) is 13.1 Å². The molecule has 0 bridgehead atoms. The first-order valence-corrected chi connectivity index (χ1v) is 9.76. The third-order valence-corrected chi connectivity index (χ3v) is 6.63. The number of rotatable bonds is 7. The van der Waals surface area contributed by atoms with Gasteiger partial charge in [0.1, 0.15) is 0 Å². The van der Waals surface area contributed by atoms with Crippen molar-refractivity contribution in [3.63, 3.8) is 0 Å². The summed E-state index contributed by atoms with van der Waals surface area (Å²) in [5.74, 6) is 3.87. The van der Waals surface area contributed by atoms with Crippen LogP contribution in [0.5, 0.6) is 0 Å². The quantitative estimate of drug-likeness (QED) is 0.598. The van der Waals surface area contributed by atoms with Crippen LogP contribution in [0.4, 0.5) is 0 Å². The van der Waals surface area contributed by atoms with Gasteiger partial charge < -0.3 is 5.32 Å². The zero-order chi connectivity index (χ0) is 15.3. The summed E-state index contributed by atoms with van der Waals surface area (Å²) < 4.78 is 0. The first-order valence-electron chi connectivity index (χ1n) is 9.76. The molecule has 1 heteroatoms. The fourth-order valence-corrected chi connectivity index (χ4v) is 5.19. The Hall–Kier alpha value is -0.0400. The second-order valence-electron chi connectivity index (χ2n) is 8.67. The zero-order valence-electron chi connectivity index (χ0n) is 15.1. The lowest BCUT2D eigenvalue weighted by molar-refractivity contribution is 0.0860. The van der Waals surface area contributed by atoms with Gasteiger partial charge in [0, 0.05) is 6.54 Å². The van der Waals surface area contributed by atoms with Crippen LogP contribution in [0.15, 0.2) is 0 Å². The van der Waals surface area contributed by atoms with Gasteiger partial charge in [-0.25, -0.2) is 0 Å². The maximum Gasteiger partial charge on any atom is 0.000792 e. The van der Waals surface area contributed by atoms with Crippen molar-refractivity contribution in [3.05, 3.63) is 0 Å². The molecule has 21 heavy (non-hydrogen) atoms. The van der Waals surface area contributed by atoms with Gasteiger partial charge >= 0.3 is 0 Å². The molecule has 0 amide bonds. The van der Waals surface area contributed by atoms with E-state index in [9.17, 15) is 0 Å². The molecule has 1 nitrogen and oxygen atoms in total. The molecule has 2 aliphatic carbocycles. The Bertz CT molecular complexity index is 294. The van der Waals surface area contributed by atoms with Crippen LogP contribution in [-0.4, -0.2) is 13.1 Å². The SMILES string of the molecule is CCCNCC(C)(CC1CCC(C)CC1C)C1CCCC1. The summed E-state index contributed by atoms with van der Waals surface area (Å²) in [6, 6.07) is 0. The topological polar surface area (TPSA) is 12.0 Å². The van der Waals surface area contributed by atoms with Crippen molar-refractivity contribution in [1.29, 1.82) is 0 Å². The predicted molar refractivity (Wildman–Crippen MR) is 93.5 cm³/mol. The maximum absolute atomic E-state index is 3.77. The summed E-state index contributed by atoms with van der Waals surface area (Å²) in [6.45, 7) is 12.3. The van der Waals surface area contributed by atoms with Crippen LogP contribution in [0.25, 0.3) is 0 Å². The van der Waals surface area contributed by atoms with Gasteiger partial charge in [0.25, 0.3) is 0 Å². The van der Waals surface area contributed by atoms with Crippen LogP contribution < -0.4 is 5.32 Å². The van der Waals surface area contributed by atoms with Crippen LogP contribution in [0.1, 0.15) is 85.5 Å². The van der Waals surface area contributed by atoms with E-state index in [4.69, 9.17) is 0 Å². The number of hydrogen-bond acceptors (Lipinski definition) is 1. The second-order valence-corrected chi connectivity index (χ2v) is 8.67. The van der Waals surface area contributed by atoms with Crippen molar-refractivity contribution in [3.8, 4) is 0 Å². The van der Waals surface area contributed by atoms with Crippen molar-refractivity contribution in [2.24, 2.45) is 29.1 Å². The Balaban J connectivity index is 1.97. The van der Waals surface area contributed by atoms with E-state index in [2.05, 4.69) is 33.0 Å². The smallest absolute Gasteiger partial charge is 0.000792 e. The molecule has 0 spiro atoms. The lowest BCUT2D eigenvalue weighted by Crippen LogP contribution is -2.40. The molecule has 0 aromatic carbocycles. The average molecular weight is 294 g/mol. The van der Waals surface area contributed by atoms with E-state index < -0.39 is 0 Å². The van der Waals surface area contributed by atoms with Crippen LogP contribution in [0, 0.1) is 29.1 Å². The van der Waals surface area contributed by atoms with Crippen molar-refractivity contribution >= 4 is 0 Å². The lowest BCUT2D eigenvalue weighted by Gasteiger charge is -2.43. The third-order valence-electron chi connectivity index (χ3n) is 6.63. The fraction of sp³-hybridized carbons (Fsp3) is 1.00. The molecule has 4 atom stereocenters. The van der Waals surface area contributed by atoms with Gasteiger partial charge in [0.15, 0.2) is 0 Å². The van der Waals surface area contributed by atoms with E-state index in [1.165, 1.54) is 70.9 Å². The molecule has 4 unspecified atom stereocenters. The van der Waals surface area contributed by atoms with Crippen LogP contribution in [0.3, 0.4) is 0 Å². The highest BCUT2D eigenvalue weighted by Gasteiger charge is 2.39. The molecule has 2 fully saturated rings. The van der Waals surface area contributed by atoms with Gasteiger partial charge in [-0.3, -0.25) is 0 Å². The zero-order valence-corrected chi connectivity index (χ0v) is 15.1. The predicted octanol–water partition coefficient (Wildman–Crippen LogP) is 5.64. The second kappa shape index (κ2) is 7.99. The first-order chi connectivity index (χ1) is 10.0. The van der Waals surface area contributed by atoms with Crippen LogP contribution in [0.2, 0.25) is 0 Å². The van der Waals surface area contributed by atoms with Gasteiger partial charge in [-0.1, -0.05) is 47.0 Å². The van der Waals surface area contributed by atoms with E-state index >= 15 is 0 Å². The third kappa shape index (κ3) is 4.71. The first kappa shape index (κ1) is 17.3. The molecular weight excluding hydrogens is 254 g/mol. The van der Waals surface area contributed by atoms with Crippen molar-refractivity contribution in [1.82, 2.24) is 5.32 Å². The monoisotopic (exact) mass is 293 g/mol. The standard InChI is InChI=1S/C20H39N/c1-5-12-21-15-20(4,19-8-6-7-9-19)14-18-11-10-16(2)13-17(18)3/h16-19,21H,5-15H2,1-4H3. The summed E-state index contributed by atoms with van der Waals surface area (Å²) in [6.07, 6.45) is 13.1. The molecule has 124 valence electrons. The van der Waals surface area contributed by atoms with Gasteiger partial charge in [-0.05, 0) is 74.2 Å². The average Bonchev–Trinajstić information content (AvgIpc) is 2.97. The molecule has 0 saturated heterocycles. The van der Waals surface area contributed by atoms with E-state index in [1.807, 2.05) is 0 Å². The van der Waals surface area contributed by atoms with Gasteiger partial charge in [-0.2, -0.15) is 0 Å². The summed E-state index contributed by atoms with van der Waals surface area (Å²) in [4.78, 5) is 0. The molecule has 0 aromatic rings. The Labute approximate surface area is 133 Å². The molecule has 2 rings (SSSR count). The Kier molecular flexibility index (Phi) is 6.59. The van der Waals surface area contributed by atoms with E-state index in [1.54, 1.807) is 0 Å². The highest BCUT2D eigenvalue weighted by Crippen LogP contribution is 2.47. The summed E-state index contributed by atoms with van der Waals surface area (Å²) in [7, 11) is 0. The number of nitrogens with one attached hydrogen (secondary N) is 1. The Morgan fingerprint density at radius 1 is 1.05 bits per heavy atom. The normalized spacial score (nSPS) is 34.0. The number of hydrogen-bond donors (Lipinski definition) is 1. The molecule has 1 N–H and O–H groups in total. The largest absolute Gasteiger partial charge is 0.316 e. The van der Waals surface area contributed by atoms with Crippen molar-refractivity contribution < 1.29 is 0 Å². The minimum absolute atomic E-state index is 0.547. The molecule has 0 radical (unpaired) electrons. The fourth-order valence-electron chi connectivity index (χ4n) is 5.19. The maximum atomic E-state index is 3.77. The molecular formula is C20H39N. The molecule has 0 aromatic heterocycles. The highest BCUT2D eigenvalue weighted by atomic mass is 14.9. The molecule has 0 heterocycles. The van der Waals surface area contributed by atoms with E-state index in [0.717, 1.165) is 23.7 Å². The lowest BCUT2D eigenvalue weighted by atomic mass is 9.64. The highest BCUT2D eigenvalue weighted by molar-refractivity contribution is 4.91.